The molecule has 0 atom stereocenters. The van der Waals surface area contributed by atoms with E-state index >= 15 is 0 Å². The van der Waals surface area contributed by atoms with E-state index < -0.39 is 11.9 Å². The van der Waals surface area contributed by atoms with Crippen LogP contribution in [-0.2, 0) is 12.6 Å². The topological polar surface area (TPSA) is 28.7 Å². The average Bonchev–Trinajstić information content (AvgIpc) is 2.52. The summed E-state index contributed by atoms with van der Waals surface area (Å²) in [6.45, 7) is 2.01. The van der Waals surface area contributed by atoms with Gasteiger partial charge in [-0.3, -0.25) is 5.10 Å². The number of aryl methyl sites for hydroxylation is 1. The number of hydrogen-bond donors (Lipinski definition) is 1. The maximum absolute atomic E-state index is 12.3. The van der Waals surface area contributed by atoms with Gasteiger partial charge in [-0.25, -0.2) is 0 Å². The highest BCUT2D eigenvalue weighted by Gasteiger charge is 2.35. The second-order valence-electron chi connectivity index (χ2n) is 3.23. The third-order valence-electron chi connectivity index (χ3n) is 2.05. The van der Waals surface area contributed by atoms with Crippen LogP contribution < -0.4 is 0 Å². The van der Waals surface area contributed by atoms with Crippen molar-refractivity contribution < 1.29 is 13.2 Å². The molecule has 0 unspecified atom stereocenters. The van der Waals surface area contributed by atoms with Gasteiger partial charge in [0.1, 0.15) is 5.69 Å². The Bertz CT molecular complexity index is 278. The number of aromatic nitrogens is 2. The van der Waals surface area contributed by atoms with Gasteiger partial charge in [-0.1, -0.05) is 19.8 Å². The van der Waals surface area contributed by atoms with Crippen LogP contribution in [-0.4, -0.2) is 10.2 Å². The van der Waals surface area contributed by atoms with Crippen LogP contribution in [0.2, 0.25) is 0 Å². The molecule has 0 aromatic carbocycles. The third-order valence-corrected chi connectivity index (χ3v) is 2.05. The van der Waals surface area contributed by atoms with Crippen molar-refractivity contribution in [1.29, 1.82) is 0 Å². The van der Waals surface area contributed by atoms with Crippen molar-refractivity contribution in [3.8, 4) is 0 Å². The molecule has 1 aromatic rings. The molecule has 14 heavy (non-hydrogen) atoms. The molecular weight excluding hydrogens is 193 g/mol. The summed E-state index contributed by atoms with van der Waals surface area (Å²) in [7, 11) is 0. The summed E-state index contributed by atoms with van der Waals surface area (Å²) in [5, 5.41) is 5.42. The molecule has 0 aliphatic carbocycles. The van der Waals surface area contributed by atoms with Crippen LogP contribution in [0.5, 0.6) is 0 Å². The summed E-state index contributed by atoms with van der Waals surface area (Å²) < 4.78 is 37.0. The van der Waals surface area contributed by atoms with E-state index in [-0.39, 0.29) is 5.56 Å². The molecule has 0 aliphatic heterocycles. The lowest BCUT2D eigenvalue weighted by Gasteiger charge is -2.06. The fourth-order valence-corrected chi connectivity index (χ4v) is 1.31. The van der Waals surface area contributed by atoms with E-state index in [1.54, 1.807) is 0 Å². The van der Waals surface area contributed by atoms with Crippen LogP contribution >= 0.6 is 0 Å². The molecule has 0 saturated carbocycles. The van der Waals surface area contributed by atoms with Crippen LogP contribution in [0.15, 0.2) is 6.20 Å². The van der Waals surface area contributed by atoms with E-state index in [9.17, 15) is 13.2 Å². The Morgan fingerprint density at radius 3 is 2.64 bits per heavy atom. The molecule has 5 heteroatoms. The maximum atomic E-state index is 12.3. The smallest absolute Gasteiger partial charge is 0.273 e. The lowest BCUT2D eigenvalue weighted by atomic mass is 10.1. The minimum Gasteiger partial charge on any atom is -0.273 e. The zero-order chi connectivity index (χ0) is 10.6. The summed E-state index contributed by atoms with van der Waals surface area (Å²) >= 11 is 0. The third kappa shape index (κ3) is 2.75. The van der Waals surface area contributed by atoms with E-state index in [2.05, 4.69) is 5.10 Å². The maximum Gasteiger partial charge on any atom is 0.433 e. The number of hydrogen-bond acceptors (Lipinski definition) is 1. The Morgan fingerprint density at radius 2 is 2.07 bits per heavy atom. The second-order valence-corrected chi connectivity index (χ2v) is 3.23. The number of aromatic amines is 1. The van der Waals surface area contributed by atoms with Gasteiger partial charge in [-0.05, 0) is 12.8 Å². The van der Waals surface area contributed by atoms with Crippen molar-refractivity contribution in [1.82, 2.24) is 10.2 Å². The summed E-state index contributed by atoms with van der Waals surface area (Å²) in [5.74, 6) is 0. The Hall–Kier alpha value is -1.00. The van der Waals surface area contributed by atoms with Crippen molar-refractivity contribution >= 4 is 0 Å². The minimum atomic E-state index is -4.31. The molecule has 0 spiro atoms. The first-order chi connectivity index (χ1) is 6.55. The van der Waals surface area contributed by atoms with Gasteiger partial charge in [-0.2, -0.15) is 18.3 Å². The first-order valence-corrected chi connectivity index (χ1v) is 4.65. The first kappa shape index (κ1) is 11.1. The quantitative estimate of drug-likeness (QED) is 0.753. The van der Waals surface area contributed by atoms with Crippen molar-refractivity contribution in [3.05, 3.63) is 17.5 Å². The van der Waals surface area contributed by atoms with Crippen LogP contribution in [0, 0.1) is 0 Å². The van der Waals surface area contributed by atoms with Crippen molar-refractivity contribution in [2.45, 2.75) is 38.8 Å². The number of H-pyrrole nitrogens is 1. The molecule has 0 bridgehead atoms. The van der Waals surface area contributed by atoms with E-state index in [1.165, 1.54) is 6.20 Å². The van der Waals surface area contributed by atoms with Gasteiger partial charge in [0.25, 0.3) is 0 Å². The van der Waals surface area contributed by atoms with Gasteiger partial charge in [0, 0.05) is 5.56 Å². The van der Waals surface area contributed by atoms with Crippen LogP contribution in [0.25, 0.3) is 0 Å². The first-order valence-electron chi connectivity index (χ1n) is 4.65. The van der Waals surface area contributed by atoms with E-state index in [1.807, 2.05) is 12.0 Å². The summed E-state index contributed by atoms with van der Waals surface area (Å²) in [6, 6.07) is 0. The molecule has 0 amide bonds. The fourth-order valence-electron chi connectivity index (χ4n) is 1.31. The minimum absolute atomic E-state index is 0.269. The number of rotatable bonds is 4. The SMILES string of the molecule is CCCCCc1cn[nH]c1C(F)(F)F. The van der Waals surface area contributed by atoms with Crippen molar-refractivity contribution in [3.63, 3.8) is 0 Å². The van der Waals surface area contributed by atoms with E-state index in [0.717, 1.165) is 19.3 Å². The van der Waals surface area contributed by atoms with Crippen molar-refractivity contribution in [2.75, 3.05) is 0 Å². The summed E-state index contributed by atoms with van der Waals surface area (Å²) in [5.41, 5.74) is -0.431. The Labute approximate surface area is 80.5 Å². The molecule has 80 valence electrons. The predicted octanol–water partition coefficient (Wildman–Crippen LogP) is 3.16. The summed E-state index contributed by atoms with van der Waals surface area (Å²) in [4.78, 5) is 0. The number of nitrogens with one attached hydrogen (secondary N) is 1. The van der Waals surface area contributed by atoms with Crippen molar-refractivity contribution in [2.24, 2.45) is 0 Å². The van der Waals surface area contributed by atoms with E-state index in [4.69, 9.17) is 0 Å². The summed E-state index contributed by atoms with van der Waals surface area (Å²) in [6.07, 6.45) is 0.122. The molecule has 1 N–H and O–H groups in total. The standard InChI is InChI=1S/C9H13F3N2/c1-2-3-4-5-7-6-13-14-8(7)9(10,11)12/h6H,2-5H2,1H3,(H,13,14). The number of halogens is 3. The Kier molecular flexibility index (Phi) is 3.55. The number of nitrogens with zero attached hydrogens (tertiary/aromatic N) is 1. The highest BCUT2D eigenvalue weighted by Crippen LogP contribution is 2.30. The molecule has 0 fully saturated rings. The zero-order valence-electron chi connectivity index (χ0n) is 7.99. The van der Waals surface area contributed by atoms with Gasteiger partial charge >= 0.3 is 6.18 Å². The van der Waals surface area contributed by atoms with Gasteiger partial charge in [0.2, 0.25) is 0 Å². The predicted molar refractivity (Wildman–Crippen MR) is 46.8 cm³/mol. The largest absolute Gasteiger partial charge is 0.433 e. The molecule has 1 rings (SSSR count). The van der Waals surface area contributed by atoms with Crippen LogP contribution in [0.4, 0.5) is 13.2 Å². The van der Waals surface area contributed by atoms with Gasteiger partial charge in [-0.15, -0.1) is 0 Å². The second kappa shape index (κ2) is 4.48. The molecule has 1 heterocycles. The lowest BCUT2D eigenvalue weighted by molar-refractivity contribution is -0.141. The van der Waals surface area contributed by atoms with Gasteiger partial charge in [0.05, 0.1) is 6.20 Å². The molecule has 0 aliphatic rings. The monoisotopic (exact) mass is 206 g/mol. The van der Waals surface area contributed by atoms with Gasteiger partial charge in [0.15, 0.2) is 0 Å². The molecular formula is C9H13F3N2. The number of unbranched alkanes of at least 4 members (excludes halogenated alkanes) is 2. The zero-order valence-corrected chi connectivity index (χ0v) is 7.99. The van der Waals surface area contributed by atoms with Crippen LogP contribution in [0.3, 0.4) is 0 Å². The molecule has 0 radical (unpaired) electrons. The molecule has 1 aromatic heterocycles. The average molecular weight is 206 g/mol. The fraction of sp³-hybridized carbons (Fsp3) is 0.667. The number of alkyl halides is 3. The highest BCUT2D eigenvalue weighted by atomic mass is 19.4. The van der Waals surface area contributed by atoms with E-state index in [0.29, 0.717) is 6.42 Å². The highest BCUT2D eigenvalue weighted by molar-refractivity contribution is 5.19. The Morgan fingerprint density at radius 1 is 1.36 bits per heavy atom. The normalized spacial score (nSPS) is 12.0. The Balaban J connectivity index is 2.63. The lowest BCUT2D eigenvalue weighted by Crippen LogP contribution is -2.08. The molecule has 0 saturated heterocycles. The van der Waals surface area contributed by atoms with Gasteiger partial charge < -0.3 is 0 Å². The molecule has 2 nitrogen and oxygen atoms in total. The van der Waals surface area contributed by atoms with Crippen LogP contribution in [0.1, 0.15) is 37.4 Å².